The van der Waals surface area contributed by atoms with E-state index in [4.69, 9.17) is 16.7 Å². The van der Waals surface area contributed by atoms with Gasteiger partial charge in [0.05, 0.1) is 11.4 Å². The lowest BCUT2D eigenvalue weighted by Crippen LogP contribution is -2.14. The highest BCUT2D eigenvalue weighted by Gasteiger charge is 2.10. The molecule has 1 aromatic carbocycles. The minimum absolute atomic E-state index is 0.0428. The number of aliphatic carboxylic acids is 1. The summed E-state index contributed by atoms with van der Waals surface area (Å²) in [6.07, 6.45) is 3.24. The Labute approximate surface area is 125 Å². The van der Waals surface area contributed by atoms with Crippen molar-refractivity contribution in [2.24, 2.45) is 0 Å². The Morgan fingerprint density at radius 1 is 1.33 bits per heavy atom. The van der Waals surface area contributed by atoms with Crippen LogP contribution in [0, 0.1) is 0 Å². The molecule has 0 bridgehead atoms. The van der Waals surface area contributed by atoms with Gasteiger partial charge in [0.15, 0.2) is 0 Å². The zero-order chi connectivity index (χ0) is 15.2. The largest absolute Gasteiger partial charge is 0.481 e. The molecule has 0 saturated heterocycles. The third kappa shape index (κ3) is 4.28. The molecule has 1 aromatic heterocycles. The molecule has 1 amide bonds. The fourth-order valence-electron chi connectivity index (χ4n) is 1.75. The van der Waals surface area contributed by atoms with Crippen LogP contribution >= 0.6 is 11.6 Å². The number of hydrogen-bond acceptors (Lipinski definition) is 4. The topological polar surface area (TPSA) is 97.1 Å². The zero-order valence-electron chi connectivity index (χ0n) is 11.0. The van der Waals surface area contributed by atoms with E-state index < -0.39 is 5.97 Å². The molecule has 0 aliphatic rings. The van der Waals surface area contributed by atoms with Crippen molar-refractivity contribution in [3.63, 3.8) is 0 Å². The third-order valence-corrected chi connectivity index (χ3v) is 2.93. The smallest absolute Gasteiger partial charge is 0.303 e. The van der Waals surface area contributed by atoms with Gasteiger partial charge >= 0.3 is 5.97 Å². The lowest BCUT2D eigenvalue weighted by atomic mass is 10.2. The number of nitrogens with one attached hydrogen (secondary N) is 1. The second kappa shape index (κ2) is 6.85. The van der Waals surface area contributed by atoms with Gasteiger partial charge in [-0.2, -0.15) is 5.10 Å². The van der Waals surface area contributed by atoms with Gasteiger partial charge in [0, 0.05) is 17.9 Å². The van der Waals surface area contributed by atoms with Crippen LogP contribution in [-0.4, -0.2) is 31.7 Å². The molecule has 8 heteroatoms. The number of hydrogen-bond donors (Lipinski definition) is 2. The van der Waals surface area contributed by atoms with Gasteiger partial charge in [0.25, 0.3) is 0 Å². The van der Waals surface area contributed by atoms with Crippen LogP contribution in [0.2, 0.25) is 5.02 Å². The summed E-state index contributed by atoms with van der Waals surface area (Å²) in [5.74, 6) is -1.20. The SMILES string of the molecule is O=C(O)CCCC(=O)Nc1cc(Cl)ccc1-n1cncn1. The summed E-state index contributed by atoms with van der Waals surface area (Å²) in [4.78, 5) is 26.1. The number of rotatable bonds is 6. The van der Waals surface area contributed by atoms with Crippen molar-refractivity contribution in [2.75, 3.05) is 5.32 Å². The van der Waals surface area contributed by atoms with Crippen LogP contribution < -0.4 is 5.32 Å². The van der Waals surface area contributed by atoms with Crippen molar-refractivity contribution in [2.45, 2.75) is 19.3 Å². The summed E-state index contributed by atoms with van der Waals surface area (Å²) >= 11 is 5.93. The fourth-order valence-corrected chi connectivity index (χ4v) is 1.93. The second-order valence-electron chi connectivity index (χ2n) is 4.30. The van der Waals surface area contributed by atoms with Gasteiger partial charge in [-0.25, -0.2) is 9.67 Å². The molecule has 2 rings (SSSR count). The third-order valence-electron chi connectivity index (χ3n) is 2.69. The van der Waals surface area contributed by atoms with E-state index in [1.807, 2.05) is 0 Å². The van der Waals surface area contributed by atoms with Crippen LogP contribution in [0.4, 0.5) is 5.69 Å². The van der Waals surface area contributed by atoms with Crippen LogP contribution in [-0.2, 0) is 9.59 Å². The van der Waals surface area contributed by atoms with Crippen molar-refractivity contribution < 1.29 is 14.7 Å². The lowest BCUT2D eigenvalue weighted by Gasteiger charge is -2.11. The highest BCUT2D eigenvalue weighted by Crippen LogP contribution is 2.24. The standard InChI is InChI=1S/C13H13ClN4O3/c14-9-4-5-11(18-8-15-7-16-18)10(6-9)17-12(19)2-1-3-13(20)21/h4-8H,1-3H2,(H,17,19)(H,20,21). The number of benzene rings is 1. The predicted octanol–water partition coefficient (Wildman–Crippen LogP) is 2.11. The summed E-state index contributed by atoms with van der Waals surface area (Å²) in [6.45, 7) is 0. The minimum Gasteiger partial charge on any atom is -0.481 e. The van der Waals surface area contributed by atoms with Gasteiger partial charge in [0.2, 0.25) is 5.91 Å². The maximum absolute atomic E-state index is 11.8. The van der Waals surface area contributed by atoms with Crippen molar-refractivity contribution in [3.8, 4) is 5.69 Å². The molecule has 0 aliphatic heterocycles. The monoisotopic (exact) mass is 308 g/mol. The summed E-state index contributed by atoms with van der Waals surface area (Å²) in [7, 11) is 0. The van der Waals surface area contributed by atoms with Gasteiger partial charge in [-0.1, -0.05) is 11.6 Å². The van der Waals surface area contributed by atoms with E-state index in [9.17, 15) is 9.59 Å². The Kier molecular flexibility index (Phi) is 4.89. The highest BCUT2D eigenvalue weighted by molar-refractivity contribution is 6.31. The minimum atomic E-state index is -0.922. The number of aromatic nitrogens is 3. The Bertz CT molecular complexity index is 643. The van der Waals surface area contributed by atoms with E-state index >= 15 is 0 Å². The molecular weight excluding hydrogens is 296 g/mol. The number of nitrogens with zero attached hydrogens (tertiary/aromatic N) is 3. The molecule has 0 aliphatic carbocycles. The summed E-state index contributed by atoms with van der Waals surface area (Å²) in [6, 6.07) is 5.00. The average Bonchev–Trinajstić information content (AvgIpc) is 2.92. The zero-order valence-corrected chi connectivity index (χ0v) is 11.7. The van der Waals surface area contributed by atoms with E-state index in [2.05, 4.69) is 15.4 Å². The van der Waals surface area contributed by atoms with Crippen LogP contribution in [0.1, 0.15) is 19.3 Å². The fraction of sp³-hybridized carbons (Fsp3) is 0.231. The summed E-state index contributed by atoms with van der Waals surface area (Å²) < 4.78 is 1.50. The highest BCUT2D eigenvalue weighted by atomic mass is 35.5. The Morgan fingerprint density at radius 2 is 2.14 bits per heavy atom. The molecule has 0 saturated carbocycles. The molecule has 0 spiro atoms. The molecule has 2 N–H and O–H groups in total. The van der Waals surface area contributed by atoms with E-state index in [0.717, 1.165) is 0 Å². The first-order chi connectivity index (χ1) is 10.1. The van der Waals surface area contributed by atoms with Crippen LogP contribution in [0.5, 0.6) is 0 Å². The Hall–Kier alpha value is -2.41. The van der Waals surface area contributed by atoms with E-state index in [1.54, 1.807) is 18.2 Å². The van der Waals surface area contributed by atoms with Crippen LogP contribution in [0.25, 0.3) is 5.69 Å². The summed E-state index contributed by atoms with van der Waals surface area (Å²) in [5.41, 5.74) is 1.12. The van der Waals surface area contributed by atoms with Crippen molar-refractivity contribution in [3.05, 3.63) is 35.9 Å². The molecule has 0 unspecified atom stereocenters. The van der Waals surface area contributed by atoms with E-state index in [1.165, 1.54) is 17.3 Å². The molecule has 1 heterocycles. The first-order valence-corrected chi connectivity index (χ1v) is 6.60. The van der Waals surface area contributed by atoms with Crippen molar-refractivity contribution in [1.29, 1.82) is 0 Å². The number of anilines is 1. The van der Waals surface area contributed by atoms with Gasteiger partial charge in [-0.15, -0.1) is 0 Å². The number of carbonyl (C=O) groups is 2. The number of carboxylic acid groups (broad SMARTS) is 1. The van der Waals surface area contributed by atoms with E-state index in [0.29, 0.717) is 16.4 Å². The first-order valence-electron chi connectivity index (χ1n) is 6.22. The first kappa shape index (κ1) is 15.0. The average molecular weight is 309 g/mol. The number of carboxylic acids is 1. The lowest BCUT2D eigenvalue weighted by molar-refractivity contribution is -0.137. The van der Waals surface area contributed by atoms with Crippen molar-refractivity contribution >= 4 is 29.2 Å². The predicted molar refractivity (Wildman–Crippen MR) is 76.5 cm³/mol. The summed E-state index contributed by atoms with van der Waals surface area (Å²) in [5, 5.41) is 15.7. The van der Waals surface area contributed by atoms with Gasteiger partial charge in [-0.05, 0) is 24.6 Å². The van der Waals surface area contributed by atoms with Crippen LogP contribution in [0.15, 0.2) is 30.9 Å². The quantitative estimate of drug-likeness (QED) is 0.852. The number of amides is 1. The number of carbonyl (C=O) groups excluding carboxylic acids is 1. The normalized spacial score (nSPS) is 10.3. The van der Waals surface area contributed by atoms with Gasteiger partial charge in [-0.3, -0.25) is 9.59 Å². The molecule has 110 valence electrons. The van der Waals surface area contributed by atoms with Gasteiger partial charge in [0.1, 0.15) is 12.7 Å². The number of halogens is 1. The Balaban J connectivity index is 2.10. The molecule has 2 aromatic rings. The molecule has 0 fully saturated rings. The molecule has 0 radical (unpaired) electrons. The van der Waals surface area contributed by atoms with Crippen molar-refractivity contribution in [1.82, 2.24) is 14.8 Å². The van der Waals surface area contributed by atoms with Gasteiger partial charge < -0.3 is 10.4 Å². The second-order valence-corrected chi connectivity index (χ2v) is 4.73. The van der Waals surface area contributed by atoms with Crippen LogP contribution in [0.3, 0.4) is 0 Å². The molecule has 0 atom stereocenters. The maximum atomic E-state index is 11.8. The maximum Gasteiger partial charge on any atom is 0.303 e. The molecule has 7 nitrogen and oxygen atoms in total. The Morgan fingerprint density at radius 3 is 2.81 bits per heavy atom. The molecule has 21 heavy (non-hydrogen) atoms. The molecular formula is C13H13ClN4O3. The van der Waals surface area contributed by atoms with E-state index in [-0.39, 0.29) is 25.2 Å².